The predicted molar refractivity (Wildman–Crippen MR) is 86.9 cm³/mol. The van der Waals surface area contributed by atoms with Crippen molar-refractivity contribution in [1.82, 2.24) is 0 Å². The average Bonchev–Trinajstić information content (AvgIpc) is 2.56. The molecule has 2 aromatic carbocycles. The summed E-state index contributed by atoms with van der Waals surface area (Å²) in [6.45, 7) is 2.33. The van der Waals surface area contributed by atoms with Gasteiger partial charge in [-0.25, -0.2) is 4.21 Å². The molecule has 3 rings (SSSR count). The Labute approximate surface area is 133 Å². The smallest absolute Gasteiger partial charge is 0.189 e. The molecule has 2 aromatic rings. The third-order valence-corrected chi connectivity index (χ3v) is 5.41. The summed E-state index contributed by atoms with van der Waals surface area (Å²) >= 11 is -1.49. The van der Waals surface area contributed by atoms with E-state index in [1.165, 1.54) is 0 Å². The minimum Gasteiger partial charge on any atom is -0.392 e. The zero-order valence-electron chi connectivity index (χ0n) is 12.5. The van der Waals surface area contributed by atoms with Crippen LogP contribution in [-0.4, -0.2) is 22.0 Å². The molecule has 0 bridgehead atoms. The van der Waals surface area contributed by atoms with Gasteiger partial charge in [-0.05, 0) is 23.6 Å². The molecule has 0 saturated heterocycles. The SMILES string of the molecule is CC[C@@H]1COS(=O)c2ccccc2[C@H](c2ccccc2)[C@H]1O. The molecule has 22 heavy (non-hydrogen) atoms. The molecule has 116 valence electrons. The van der Waals surface area contributed by atoms with E-state index in [0.717, 1.165) is 17.5 Å². The maximum Gasteiger partial charge on any atom is 0.189 e. The Morgan fingerprint density at radius 3 is 2.55 bits per heavy atom. The van der Waals surface area contributed by atoms with Gasteiger partial charge in [0, 0.05) is 11.8 Å². The van der Waals surface area contributed by atoms with E-state index in [1.54, 1.807) is 0 Å². The fourth-order valence-corrected chi connectivity index (χ4v) is 4.06. The summed E-state index contributed by atoms with van der Waals surface area (Å²) in [6.07, 6.45) is 0.218. The van der Waals surface area contributed by atoms with Gasteiger partial charge < -0.3 is 5.11 Å². The van der Waals surface area contributed by atoms with Crippen molar-refractivity contribution in [1.29, 1.82) is 0 Å². The molecule has 0 amide bonds. The Morgan fingerprint density at radius 2 is 1.82 bits per heavy atom. The first-order valence-electron chi connectivity index (χ1n) is 7.59. The lowest BCUT2D eigenvalue weighted by atomic mass is 9.80. The van der Waals surface area contributed by atoms with Gasteiger partial charge in [0.15, 0.2) is 11.1 Å². The number of benzene rings is 2. The minimum absolute atomic E-state index is 0.0393. The van der Waals surface area contributed by atoms with Crippen LogP contribution in [0.2, 0.25) is 0 Å². The average molecular weight is 316 g/mol. The van der Waals surface area contributed by atoms with Crippen LogP contribution in [-0.2, 0) is 15.3 Å². The number of aliphatic hydroxyl groups excluding tert-OH is 1. The van der Waals surface area contributed by atoms with Crippen molar-refractivity contribution in [3.8, 4) is 0 Å². The molecule has 0 spiro atoms. The fraction of sp³-hybridized carbons (Fsp3) is 0.333. The van der Waals surface area contributed by atoms with Crippen LogP contribution in [0.15, 0.2) is 59.5 Å². The lowest BCUT2D eigenvalue weighted by molar-refractivity contribution is 0.0600. The Kier molecular flexibility index (Phi) is 4.71. The van der Waals surface area contributed by atoms with Crippen molar-refractivity contribution in [2.45, 2.75) is 30.3 Å². The molecule has 1 unspecified atom stereocenters. The molecule has 1 aliphatic heterocycles. The van der Waals surface area contributed by atoms with Gasteiger partial charge in [-0.2, -0.15) is 0 Å². The second-order valence-electron chi connectivity index (χ2n) is 5.60. The first-order chi connectivity index (χ1) is 10.7. The van der Waals surface area contributed by atoms with Crippen molar-refractivity contribution in [3.63, 3.8) is 0 Å². The van der Waals surface area contributed by atoms with E-state index in [9.17, 15) is 9.32 Å². The van der Waals surface area contributed by atoms with E-state index in [-0.39, 0.29) is 11.8 Å². The topological polar surface area (TPSA) is 46.5 Å². The van der Waals surface area contributed by atoms with Crippen LogP contribution in [0.1, 0.15) is 30.4 Å². The quantitative estimate of drug-likeness (QED) is 0.925. The molecule has 0 saturated carbocycles. The molecule has 1 heterocycles. The van der Waals surface area contributed by atoms with Gasteiger partial charge in [0.05, 0.1) is 17.6 Å². The van der Waals surface area contributed by atoms with E-state index < -0.39 is 17.2 Å². The summed E-state index contributed by atoms with van der Waals surface area (Å²) in [5, 5.41) is 10.9. The van der Waals surface area contributed by atoms with E-state index in [0.29, 0.717) is 11.5 Å². The Morgan fingerprint density at radius 1 is 1.14 bits per heavy atom. The third kappa shape index (κ3) is 2.86. The minimum atomic E-state index is -1.49. The number of rotatable bonds is 2. The molecule has 0 fully saturated rings. The monoisotopic (exact) mass is 316 g/mol. The van der Waals surface area contributed by atoms with Crippen molar-refractivity contribution < 1.29 is 13.5 Å². The van der Waals surface area contributed by atoms with Crippen LogP contribution in [0.5, 0.6) is 0 Å². The molecule has 3 nitrogen and oxygen atoms in total. The Bertz CT molecular complexity index is 656. The second kappa shape index (κ2) is 6.73. The highest BCUT2D eigenvalue weighted by Gasteiger charge is 2.34. The van der Waals surface area contributed by atoms with Crippen molar-refractivity contribution in [2.75, 3.05) is 6.61 Å². The summed E-state index contributed by atoms with van der Waals surface area (Å²) < 4.78 is 17.9. The highest BCUT2D eigenvalue weighted by molar-refractivity contribution is 7.80. The third-order valence-electron chi connectivity index (χ3n) is 4.33. The number of hydrogen-bond acceptors (Lipinski definition) is 3. The number of hydrogen-bond donors (Lipinski definition) is 1. The van der Waals surface area contributed by atoms with Crippen LogP contribution in [0.4, 0.5) is 0 Å². The van der Waals surface area contributed by atoms with Gasteiger partial charge >= 0.3 is 0 Å². The van der Waals surface area contributed by atoms with Crippen molar-refractivity contribution in [2.24, 2.45) is 5.92 Å². The molecular weight excluding hydrogens is 296 g/mol. The van der Waals surface area contributed by atoms with Gasteiger partial charge in [-0.15, -0.1) is 0 Å². The highest BCUT2D eigenvalue weighted by atomic mass is 32.2. The van der Waals surface area contributed by atoms with Gasteiger partial charge in [-0.3, -0.25) is 4.18 Å². The van der Waals surface area contributed by atoms with E-state index in [4.69, 9.17) is 4.18 Å². The fourth-order valence-electron chi connectivity index (χ4n) is 3.05. The maximum atomic E-state index is 12.4. The van der Waals surface area contributed by atoms with Crippen LogP contribution in [0, 0.1) is 5.92 Å². The summed E-state index contributed by atoms with van der Waals surface area (Å²) in [7, 11) is 0. The van der Waals surface area contributed by atoms with Crippen molar-refractivity contribution in [3.05, 3.63) is 65.7 Å². The first-order valence-corrected chi connectivity index (χ1v) is 8.66. The lowest BCUT2D eigenvalue weighted by Gasteiger charge is -2.33. The second-order valence-corrected chi connectivity index (χ2v) is 6.75. The summed E-state index contributed by atoms with van der Waals surface area (Å²) in [5.41, 5.74) is 1.93. The highest BCUT2D eigenvalue weighted by Crippen LogP contribution is 2.37. The molecule has 0 radical (unpaired) electrons. The standard InChI is InChI=1S/C18H20O3S/c1-2-13-12-21-22(20)16-11-7-6-10-15(16)17(18(13)19)14-8-4-3-5-9-14/h3-11,13,17-19H,2,12H2,1H3/t13-,17+,18+,22?/m1/s1. The molecule has 4 heteroatoms. The Hall–Kier alpha value is -1.49. The van der Waals surface area contributed by atoms with Gasteiger partial charge in [0.2, 0.25) is 0 Å². The van der Waals surface area contributed by atoms with Gasteiger partial charge in [-0.1, -0.05) is 55.5 Å². The zero-order valence-corrected chi connectivity index (χ0v) is 13.3. The van der Waals surface area contributed by atoms with Gasteiger partial charge in [0.25, 0.3) is 0 Å². The van der Waals surface area contributed by atoms with Crippen molar-refractivity contribution >= 4 is 11.1 Å². The van der Waals surface area contributed by atoms with Gasteiger partial charge in [0.1, 0.15) is 0 Å². The van der Waals surface area contributed by atoms with Crippen LogP contribution < -0.4 is 0 Å². The number of fused-ring (bicyclic) bond motifs is 1. The zero-order chi connectivity index (χ0) is 15.5. The van der Waals surface area contributed by atoms with Crippen LogP contribution in [0.25, 0.3) is 0 Å². The summed E-state index contributed by atoms with van der Waals surface area (Å²) in [4.78, 5) is 0.657. The molecule has 1 N–H and O–H groups in total. The predicted octanol–water partition coefficient (Wildman–Crippen LogP) is 3.26. The molecule has 1 aliphatic rings. The molecule has 4 atom stereocenters. The van der Waals surface area contributed by atoms with Crippen LogP contribution >= 0.6 is 0 Å². The largest absolute Gasteiger partial charge is 0.392 e. The summed E-state index contributed by atoms with van der Waals surface area (Å²) in [6, 6.07) is 17.5. The molecule has 0 aromatic heterocycles. The van der Waals surface area contributed by atoms with E-state index >= 15 is 0 Å². The Balaban J connectivity index is 2.16. The maximum absolute atomic E-state index is 12.4. The molecular formula is C18H20O3S. The molecule has 0 aliphatic carbocycles. The first kappa shape index (κ1) is 15.4. The number of aliphatic hydroxyl groups is 1. The lowest BCUT2D eigenvalue weighted by Crippen LogP contribution is -2.34. The van der Waals surface area contributed by atoms with E-state index in [2.05, 4.69) is 0 Å². The van der Waals surface area contributed by atoms with E-state index in [1.807, 2.05) is 61.5 Å². The van der Waals surface area contributed by atoms with Crippen LogP contribution in [0.3, 0.4) is 0 Å². The summed E-state index contributed by atoms with van der Waals surface area (Å²) in [5.74, 6) is -0.224. The normalized spacial score (nSPS) is 28.5.